The van der Waals surface area contributed by atoms with Crippen LogP contribution in [-0.4, -0.2) is 46.4 Å². The van der Waals surface area contributed by atoms with Gasteiger partial charge in [0, 0.05) is 29.6 Å². The fourth-order valence-electron chi connectivity index (χ4n) is 0.262. The second kappa shape index (κ2) is 4.14. The van der Waals surface area contributed by atoms with Crippen LogP contribution in [0.3, 0.4) is 0 Å². The minimum atomic E-state index is -1.22. The molecule has 1 radical (unpaired) electrons. The molecule has 1 N–H and O–H groups in total. The smallest absolute Gasteiger partial charge is 0.450 e. The summed E-state index contributed by atoms with van der Waals surface area (Å²) in [5.41, 5.74) is -0.578. The Morgan fingerprint density at radius 3 is 1.78 bits per heavy atom. The van der Waals surface area contributed by atoms with Gasteiger partial charge >= 0.3 is 6.16 Å². The van der Waals surface area contributed by atoms with Crippen LogP contribution in [0.15, 0.2) is 0 Å². The van der Waals surface area contributed by atoms with E-state index in [1.54, 1.807) is 20.8 Å². The molecule has 0 aliphatic heterocycles. The van der Waals surface area contributed by atoms with Crippen LogP contribution in [0.25, 0.3) is 0 Å². The molecular formula is C5H10NaO3. The van der Waals surface area contributed by atoms with Crippen LogP contribution >= 0.6 is 0 Å². The van der Waals surface area contributed by atoms with Crippen LogP contribution in [0.2, 0.25) is 0 Å². The molecule has 9 heavy (non-hydrogen) atoms. The molecule has 0 rings (SSSR count). The summed E-state index contributed by atoms with van der Waals surface area (Å²) in [6, 6.07) is 0. The van der Waals surface area contributed by atoms with E-state index in [0.29, 0.717) is 0 Å². The van der Waals surface area contributed by atoms with Crippen LogP contribution in [0.5, 0.6) is 0 Å². The minimum absolute atomic E-state index is 0. The van der Waals surface area contributed by atoms with Gasteiger partial charge in [0.05, 0.1) is 0 Å². The van der Waals surface area contributed by atoms with Gasteiger partial charge in [-0.05, 0) is 20.8 Å². The number of ether oxygens (including phenoxy) is 1. The van der Waals surface area contributed by atoms with Crippen molar-refractivity contribution in [2.45, 2.75) is 26.4 Å². The van der Waals surface area contributed by atoms with Crippen LogP contribution in [0, 0.1) is 0 Å². The molecule has 0 aromatic heterocycles. The van der Waals surface area contributed by atoms with Crippen LogP contribution in [0.4, 0.5) is 4.79 Å². The summed E-state index contributed by atoms with van der Waals surface area (Å²) >= 11 is 0. The third-order valence-electron chi connectivity index (χ3n) is 0.393. The molecule has 0 aromatic rings. The summed E-state index contributed by atoms with van der Waals surface area (Å²) in [6.45, 7) is 5.04. The Labute approximate surface area is 76.7 Å². The number of hydrogen-bond donors (Lipinski definition) is 1. The Morgan fingerprint density at radius 2 is 1.78 bits per heavy atom. The normalized spacial score (nSPS) is 9.67. The van der Waals surface area contributed by atoms with Crippen molar-refractivity contribution in [3.05, 3.63) is 0 Å². The van der Waals surface area contributed by atoms with E-state index in [4.69, 9.17) is 5.11 Å². The van der Waals surface area contributed by atoms with Gasteiger partial charge < -0.3 is 9.84 Å². The SMILES string of the molecule is CC(C)(C)OC(=O)O.[Na]. The molecule has 0 amide bonds. The summed E-state index contributed by atoms with van der Waals surface area (Å²) < 4.78 is 4.35. The zero-order valence-electron chi connectivity index (χ0n) is 6.26. The predicted octanol–water partition coefficient (Wildman–Crippen LogP) is 1.10. The van der Waals surface area contributed by atoms with E-state index in [1.807, 2.05) is 0 Å². The van der Waals surface area contributed by atoms with Gasteiger partial charge in [0.15, 0.2) is 0 Å². The molecular weight excluding hydrogens is 131 g/mol. The molecule has 0 saturated heterocycles. The Hall–Kier alpha value is 0.270. The van der Waals surface area contributed by atoms with Crippen molar-refractivity contribution in [2.75, 3.05) is 0 Å². The van der Waals surface area contributed by atoms with Gasteiger partial charge in [0.2, 0.25) is 0 Å². The molecule has 0 heterocycles. The maximum absolute atomic E-state index is 9.79. The summed E-state index contributed by atoms with van der Waals surface area (Å²) in [4.78, 5) is 9.79. The van der Waals surface area contributed by atoms with Crippen molar-refractivity contribution >= 4 is 35.7 Å². The molecule has 0 atom stereocenters. The van der Waals surface area contributed by atoms with E-state index in [9.17, 15) is 4.79 Å². The van der Waals surface area contributed by atoms with Gasteiger partial charge in [-0.15, -0.1) is 0 Å². The molecule has 3 nitrogen and oxygen atoms in total. The van der Waals surface area contributed by atoms with Gasteiger partial charge in [-0.25, -0.2) is 4.79 Å². The summed E-state index contributed by atoms with van der Waals surface area (Å²) in [5.74, 6) is 0. The molecule has 4 heteroatoms. The minimum Gasteiger partial charge on any atom is -0.450 e. The van der Waals surface area contributed by atoms with Gasteiger partial charge in [0.25, 0.3) is 0 Å². The third kappa shape index (κ3) is 11.7. The first-order valence-electron chi connectivity index (χ1n) is 2.34. The van der Waals surface area contributed by atoms with Crippen molar-refractivity contribution in [3.63, 3.8) is 0 Å². The second-order valence-corrected chi connectivity index (χ2v) is 2.48. The molecule has 0 unspecified atom stereocenters. The van der Waals surface area contributed by atoms with E-state index >= 15 is 0 Å². The fourth-order valence-corrected chi connectivity index (χ4v) is 0.262. The molecule has 49 valence electrons. The van der Waals surface area contributed by atoms with E-state index in [1.165, 1.54) is 0 Å². The van der Waals surface area contributed by atoms with Crippen LogP contribution < -0.4 is 0 Å². The van der Waals surface area contributed by atoms with E-state index in [2.05, 4.69) is 4.74 Å². The predicted molar refractivity (Wildman–Crippen MR) is 34.6 cm³/mol. The fraction of sp³-hybridized carbons (Fsp3) is 0.800. The van der Waals surface area contributed by atoms with Gasteiger partial charge in [0.1, 0.15) is 5.60 Å². The standard InChI is InChI=1S/C5H10O3.Na/c1-5(2,3)8-4(6)7;/h1-3H3,(H,6,7);. The Bertz CT molecular complexity index is 94.9. The van der Waals surface area contributed by atoms with Crippen LogP contribution in [-0.2, 0) is 4.74 Å². The molecule has 0 aliphatic rings. The van der Waals surface area contributed by atoms with E-state index in [-0.39, 0.29) is 29.6 Å². The number of hydrogen-bond acceptors (Lipinski definition) is 2. The molecule has 0 bridgehead atoms. The van der Waals surface area contributed by atoms with Gasteiger partial charge in [-0.2, -0.15) is 0 Å². The molecule has 0 aliphatic carbocycles. The number of carboxylic acid groups (broad SMARTS) is 1. The third-order valence-corrected chi connectivity index (χ3v) is 0.393. The first-order chi connectivity index (χ1) is 3.42. The van der Waals surface area contributed by atoms with Crippen molar-refractivity contribution in [2.24, 2.45) is 0 Å². The number of rotatable bonds is 0. The number of carbonyl (C=O) groups is 1. The Balaban J connectivity index is 0. The molecule has 0 fully saturated rings. The zero-order valence-corrected chi connectivity index (χ0v) is 8.26. The average Bonchev–Trinajstić information content (AvgIpc) is 1.21. The summed E-state index contributed by atoms with van der Waals surface area (Å²) in [5, 5.41) is 8.03. The molecule has 0 spiro atoms. The van der Waals surface area contributed by atoms with Crippen LogP contribution in [0.1, 0.15) is 20.8 Å². The maximum atomic E-state index is 9.79. The Kier molecular flexibility index (Phi) is 5.52. The first-order valence-corrected chi connectivity index (χ1v) is 2.34. The monoisotopic (exact) mass is 141 g/mol. The topological polar surface area (TPSA) is 46.5 Å². The van der Waals surface area contributed by atoms with Gasteiger partial charge in [-0.1, -0.05) is 0 Å². The van der Waals surface area contributed by atoms with E-state index < -0.39 is 11.8 Å². The van der Waals surface area contributed by atoms with Crippen molar-refractivity contribution in [1.82, 2.24) is 0 Å². The summed E-state index contributed by atoms with van der Waals surface area (Å²) in [6.07, 6.45) is -1.22. The summed E-state index contributed by atoms with van der Waals surface area (Å²) in [7, 11) is 0. The van der Waals surface area contributed by atoms with Crippen molar-refractivity contribution in [1.29, 1.82) is 0 Å². The quantitative estimate of drug-likeness (QED) is 0.406. The second-order valence-electron chi connectivity index (χ2n) is 2.48. The Morgan fingerprint density at radius 1 is 1.44 bits per heavy atom. The zero-order chi connectivity index (χ0) is 6.78. The van der Waals surface area contributed by atoms with E-state index in [0.717, 1.165) is 0 Å². The van der Waals surface area contributed by atoms with Gasteiger partial charge in [-0.3, -0.25) is 0 Å². The largest absolute Gasteiger partial charge is 0.506 e. The van der Waals surface area contributed by atoms with Crippen molar-refractivity contribution in [3.8, 4) is 0 Å². The average molecular weight is 141 g/mol. The first kappa shape index (κ1) is 12.0. The molecule has 0 saturated carbocycles. The molecule has 0 aromatic carbocycles. The maximum Gasteiger partial charge on any atom is 0.506 e. The van der Waals surface area contributed by atoms with Crippen molar-refractivity contribution < 1.29 is 14.6 Å².